The maximum atomic E-state index is 14.4. The van der Waals surface area contributed by atoms with Crippen LogP contribution in [0.1, 0.15) is 58.1 Å². The number of carbonyl (C=O) groups excluding carboxylic acids is 1. The Balaban J connectivity index is 2.15. The van der Waals surface area contributed by atoms with Gasteiger partial charge in [0.05, 0.1) is 58.6 Å². The summed E-state index contributed by atoms with van der Waals surface area (Å²) in [7, 11) is -1.80. The van der Waals surface area contributed by atoms with Crippen molar-refractivity contribution in [1.82, 2.24) is 24.5 Å². The average Bonchev–Trinajstić information content (AvgIpc) is 3.29. The van der Waals surface area contributed by atoms with E-state index in [2.05, 4.69) is 29.7 Å². The van der Waals surface area contributed by atoms with Crippen molar-refractivity contribution in [2.24, 2.45) is 0 Å². The molecule has 10 nitrogen and oxygen atoms in total. The minimum absolute atomic E-state index is 0.0141. The molecule has 1 aliphatic heterocycles. The highest BCUT2D eigenvalue weighted by Gasteiger charge is 2.43. The van der Waals surface area contributed by atoms with Gasteiger partial charge in [0, 0.05) is 21.8 Å². The molecule has 2 amide bonds. The third-order valence-corrected chi connectivity index (χ3v) is 11.0. The molecule has 2 aromatic rings. The van der Waals surface area contributed by atoms with E-state index in [4.69, 9.17) is 19.2 Å². The number of hydrogen-bond donors (Lipinski definition) is 2. The molecule has 0 radical (unpaired) electrons. The lowest BCUT2D eigenvalue weighted by Crippen LogP contribution is -2.58. The summed E-state index contributed by atoms with van der Waals surface area (Å²) in [6, 6.07) is 3.19. The highest BCUT2D eigenvalue weighted by atomic mass is 32.2. The molecule has 0 saturated carbocycles. The quantitative estimate of drug-likeness (QED) is 0.131. The lowest BCUT2D eigenvalue weighted by molar-refractivity contribution is -0.227. The van der Waals surface area contributed by atoms with Gasteiger partial charge >= 0.3 is 12.2 Å². The van der Waals surface area contributed by atoms with Crippen LogP contribution in [0.5, 0.6) is 0 Å². The van der Waals surface area contributed by atoms with Gasteiger partial charge in [-0.25, -0.2) is 27.5 Å². The summed E-state index contributed by atoms with van der Waals surface area (Å²) in [5, 5.41) is 2.22. The molecule has 0 spiro atoms. The van der Waals surface area contributed by atoms with Crippen LogP contribution in [0.4, 0.5) is 26.7 Å². The summed E-state index contributed by atoms with van der Waals surface area (Å²) in [5.74, 6) is -2.94. The molecular weight excluding hydrogens is 666 g/mol. The predicted octanol–water partition coefficient (Wildman–Crippen LogP) is 6.15. The van der Waals surface area contributed by atoms with Crippen molar-refractivity contribution in [3.05, 3.63) is 29.6 Å². The van der Waals surface area contributed by atoms with Crippen molar-refractivity contribution < 1.29 is 45.2 Å². The second kappa shape index (κ2) is 15.1. The van der Waals surface area contributed by atoms with Gasteiger partial charge in [0.25, 0.3) is 5.92 Å². The SMILES string of the molecule is COC[C@H](c1ccc2c(c1)nc([C@@H](NS(=O)C(C)(C)C)[C@@H](C)O[C@@H](C)C(F)(F)F)n2COCC[Si](C)(C)C)N1CC(F)(F)CNC1=O. The first-order valence-corrected chi connectivity index (χ1v) is 20.3. The zero-order valence-corrected chi connectivity index (χ0v) is 30.3. The van der Waals surface area contributed by atoms with Crippen LogP contribution in [0.15, 0.2) is 18.2 Å². The van der Waals surface area contributed by atoms with Crippen LogP contribution in [0.2, 0.25) is 25.7 Å². The number of amides is 2. The van der Waals surface area contributed by atoms with E-state index >= 15 is 0 Å². The maximum absolute atomic E-state index is 14.4. The Kier molecular flexibility index (Phi) is 12.7. The second-order valence-electron chi connectivity index (χ2n) is 14.1. The van der Waals surface area contributed by atoms with Gasteiger partial charge in [-0.3, -0.25) is 0 Å². The fourth-order valence-electron chi connectivity index (χ4n) is 4.87. The largest absolute Gasteiger partial charge is 0.414 e. The van der Waals surface area contributed by atoms with E-state index < -0.39 is 79.3 Å². The summed E-state index contributed by atoms with van der Waals surface area (Å²) >= 11 is 0. The lowest BCUT2D eigenvalue weighted by atomic mass is 10.0. The van der Waals surface area contributed by atoms with Gasteiger partial charge in [0.2, 0.25) is 0 Å². The molecule has 1 aromatic carbocycles. The molecule has 3 rings (SSSR count). The number of alkyl halides is 5. The van der Waals surface area contributed by atoms with Crippen LogP contribution >= 0.6 is 0 Å². The van der Waals surface area contributed by atoms with E-state index in [-0.39, 0.29) is 19.2 Å². The number of ether oxygens (including phenoxy) is 3. The van der Waals surface area contributed by atoms with Gasteiger partial charge in [-0.1, -0.05) is 25.7 Å². The Morgan fingerprint density at radius 1 is 1.17 bits per heavy atom. The number of nitrogens with zero attached hydrogens (tertiary/aromatic N) is 3. The monoisotopic (exact) mass is 713 g/mol. The topological polar surface area (TPSA) is 107 Å². The molecule has 47 heavy (non-hydrogen) atoms. The van der Waals surface area contributed by atoms with E-state index in [9.17, 15) is 31.0 Å². The first-order valence-electron chi connectivity index (χ1n) is 15.4. The molecule has 1 aromatic heterocycles. The minimum atomic E-state index is -4.63. The number of benzene rings is 1. The molecule has 1 aliphatic rings. The minimum Gasteiger partial charge on any atom is -0.382 e. The number of carbonyl (C=O) groups is 1. The van der Waals surface area contributed by atoms with Gasteiger partial charge < -0.3 is 29.0 Å². The zero-order chi connectivity index (χ0) is 35.5. The van der Waals surface area contributed by atoms with Crippen molar-refractivity contribution in [2.45, 2.75) is 108 Å². The highest BCUT2D eigenvalue weighted by molar-refractivity contribution is 7.84. The number of methoxy groups -OCH3 is 1. The number of fused-ring (bicyclic) bond motifs is 1. The van der Waals surface area contributed by atoms with Crippen LogP contribution in [0.3, 0.4) is 0 Å². The Morgan fingerprint density at radius 3 is 2.40 bits per heavy atom. The van der Waals surface area contributed by atoms with Crippen LogP contribution in [-0.2, 0) is 31.9 Å². The third-order valence-electron chi connectivity index (χ3n) is 7.68. The second-order valence-corrected chi connectivity index (χ2v) is 21.7. The van der Waals surface area contributed by atoms with E-state index in [1.54, 1.807) is 43.5 Å². The standard InChI is InChI=1S/C30H48F5N5O5SSi/c1-19(45-20(2)30(33,34)35)25(38-46(42)28(3,4)5)26-37-22-14-21(10-11-23(22)40(26)18-44-12-13-47(7,8)9)24(15-43-6)39-17-29(31,32)16-36-27(39)41/h10-11,14,19-20,24-25,38H,12-13,15-18H2,1-9H3,(H,36,41)/t19-,20+,24-,25+,46?/m1/s1. The van der Waals surface area contributed by atoms with Gasteiger partial charge in [-0.15, -0.1) is 0 Å². The molecule has 5 atom stereocenters. The van der Waals surface area contributed by atoms with E-state index in [1.165, 1.54) is 14.0 Å². The molecule has 2 N–H and O–H groups in total. The summed E-state index contributed by atoms with van der Waals surface area (Å²) in [5.41, 5.74) is 1.35. The molecule has 2 heterocycles. The molecule has 1 fully saturated rings. The van der Waals surface area contributed by atoms with E-state index in [0.717, 1.165) is 17.9 Å². The number of urea groups is 1. The van der Waals surface area contributed by atoms with Crippen molar-refractivity contribution in [3.8, 4) is 0 Å². The van der Waals surface area contributed by atoms with Gasteiger partial charge in [0.15, 0.2) is 6.10 Å². The summed E-state index contributed by atoms with van der Waals surface area (Å²) < 4.78 is 103. The predicted molar refractivity (Wildman–Crippen MR) is 173 cm³/mol. The highest BCUT2D eigenvalue weighted by Crippen LogP contribution is 2.33. The first kappa shape index (κ1) is 39.3. The molecular formula is C30H48F5N5O5SSi. The number of aromatic nitrogens is 2. The normalized spacial score (nSPS) is 19.4. The van der Waals surface area contributed by atoms with Crippen LogP contribution in [-0.4, -0.2) is 95.2 Å². The van der Waals surface area contributed by atoms with Crippen molar-refractivity contribution in [1.29, 1.82) is 0 Å². The van der Waals surface area contributed by atoms with E-state index in [1.807, 2.05) is 0 Å². The Labute approximate surface area is 276 Å². The maximum Gasteiger partial charge on any atom is 0.414 e. The molecule has 0 bridgehead atoms. The molecule has 0 aliphatic carbocycles. The van der Waals surface area contributed by atoms with Crippen LogP contribution in [0, 0.1) is 0 Å². The van der Waals surface area contributed by atoms with E-state index in [0.29, 0.717) is 23.2 Å². The summed E-state index contributed by atoms with van der Waals surface area (Å²) in [6.07, 6.45) is -7.91. The number of hydrogen-bond acceptors (Lipinski definition) is 6. The molecule has 1 unspecified atom stereocenters. The molecule has 268 valence electrons. The molecule has 17 heteroatoms. The van der Waals surface area contributed by atoms with Crippen molar-refractivity contribution >= 4 is 36.1 Å². The van der Waals surface area contributed by atoms with Crippen LogP contribution in [0.25, 0.3) is 11.0 Å². The Morgan fingerprint density at radius 2 is 1.83 bits per heavy atom. The van der Waals surface area contributed by atoms with Gasteiger partial charge in [0.1, 0.15) is 18.6 Å². The average molecular weight is 714 g/mol. The lowest BCUT2D eigenvalue weighted by Gasteiger charge is -2.38. The summed E-state index contributed by atoms with van der Waals surface area (Å²) in [4.78, 5) is 18.5. The number of halogens is 5. The smallest absolute Gasteiger partial charge is 0.382 e. The number of imidazole rings is 1. The fraction of sp³-hybridized carbons (Fsp3) is 0.733. The first-order chi connectivity index (χ1) is 21.5. The summed E-state index contributed by atoms with van der Waals surface area (Å²) in [6.45, 7) is 12.9. The Hall–Kier alpha value is -2.18. The van der Waals surface area contributed by atoms with Gasteiger partial charge in [-0.05, 0) is 58.4 Å². The number of rotatable bonds is 15. The fourth-order valence-corrected chi connectivity index (χ4v) is 6.51. The van der Waals surface area contributed by atoms with Gasteiger partial charge in [-0.2, -0.15) is 13.2 Å². The zero-order valence-electron chi connectivity index (χ0n) is 28.5. The third kappa shape index (κ3) is 10.7. The molecule has 1 saturated heterocycles. The Bertz CT molecular complexity index is 1400. The van der Waals surface area contributed by atoms with Crippen molar-refractivity contribution in [2.75, 3.05) is 33.4 Å². The number of nitrogens with one attached hydrogen (secondary N) is 2. The van der Waals surface area contributed by atoms with Crippen molar-refractivity contribution in [3.63, 3.8) is 0 Å². The van der Waals surface area contributed by atoms with Crippen LogP contribution < -0.4 is 10.0 Å².